The summed E-state index contributed by atoms with van der Waals surface area (Å²) in [7, 11) is 0. The Hall–Kier alpha value is -5.34. The van der Waals surface area contributed by atoms with E-state index >= 15 is 0 Å². The van der Waals surface area contributed by atoms with E-state index in [1.807, 2.05) is 12.1 Å². The van der Waals surface area contributed by atoms with Gasteiger partial charge in [-0.1, -0.05) is 132 Å². The van der Waals surface area contributed by atoms with Gasteiger partial charge in [0.1, 0.15) is 0 Å². The molecular weight excluding hydrogens is 508 g/mol. The van der Waals surface area contributed by atoms with Gasteiger partial charge in [0.2, 0.25) is 0 Å². The molecule has 1 heterocycles. The smallest absolute Gasteiger partial charge is 0.160 e. The van der Waals surface area contributed by atoms with Crippen LogP contribution in [-0.2, 0) is 0 Å². The number of nitrogens with zero attached hydrogens (tertiary/aromatic N) is 2. The fraction of sp³-hybridized carbons (Fsp3) is 0.0500. The summed E-state index contributed by atoms with van der Waals surface area (Å²) in [5, 5.41) is 2.45. The van der Waals surface area contributed by atoms with Crippen molar-refractivity contribution in [2.45, 2.75) is 13.8 Å². The molecule has 0 spiro atoms. The van der Waals surface area contributed by atoms with E-state index in [-0.39, 0.29) is 0 Å². The molecule has 0 amide bonds. The molecule has 0 aliphatic rings. The fourth-order valence-corrected chi connectivity index (χ4v) is 5.79. The van der Waals surface area contributed by atoms with Crippen LogP contribution in [0.4, 0.5) is 0 Å². The van der Waals surface area contributed by atoms with E-state index in [1.165, 1.54) is 33.0 Å². The second-order valence-corrected chi connectivity index (χ2v) is 10.9. The Morgan fingerprint density at radius 3 is 1.57 bits per heavy atom. The molecule has 0 bridgehead atoms. The predicted molar refractivity (Wildman–Crippen MR) is 176 cm³/mol. The van der Waals surface area contributed by atoms with Gasteiger partial charge in [-0.15, -0.1) is 0 Å². The van der Waals surface area contributed by atoms with Gasteiger partial charge in [0.25, 0.3) is 0 Å². The van der Waals surface area contributed by atoms with E-state index in [2.05, 4.69) is 147 Å². The first-order chi connectivity index (χ1) is 20.6. The van der Waals surface area contributed by atoms with Crippen LogP contribution in [0.25, 0.3) is 66.9 Å². The van der Waals surface area contributed by atoms with E-state index in [4.69, 9.17) is 9.97 Å². The van der Waals surface area contributed by atoms with Crippen LogP contribution in [0, 0.1) is 13.8 Å². The first-order valence-electron chi connectivity index (χ1n) is 14.3. The number of aryl methyl sites for hydroxylation is 2. The van der Waals surface area contributed by atoms with Crippen molar-refractivity contribution in [3.05, 3.63) is 157 Å². The maximum Gasteiger partial charge on any atom is 0.160 e. The number of fused-ring (bicyclic) bond motifs is 1. The van der Waals surface area contributed by atoms with Gasteiger partial charge in [0.05, 0.1) is 11.4 Å². The van der Waals surface area contributed by atoms with Crippen molar-refractivity contribution in [1.29, 1.82) is 0 Å². The molecular formula is C40H30N2. The third-order valence-electron chi connectivity index (χ3n) is 7.71. The average Bonchev–Trinajstić information content (AvgIpc) is 3.04. The Bertz CT molecular complexity index is 1960. The number of hydrogen-bond acceptors (Lipinski definition) is 2. The highest BCUT2D eigenvalue weighted by molar-refractivity contribution is 5.98. The molecule has 7 rings (SSSR count). The average molecular weight is 539 g/mol. The van der Waals surface area contributed by atoms with Gasteiger partial charge >= 0.3 is 0 Å². The Balaban J connectivity index is 1.50. The standard InChI is InChI=1S/C40H30N2/c1-27-20-28(2)22-32(21-27)33-23-34(37-19-11-17-29-12-9-10-18-36(29)37)25-35(24-33)40-41-38(30-13-5-3-6-14-30)26-39(42-40)31-15-7-4-8-16-31/h3-26H,1-2H3. The fourth-order valence-electron chi connectivity index (χ4n) is 5.79. The van der Waals surface area contributed by atoms with Crippen molar-refractivity contribution in [3.63, 3.8) is 0 Å². The minimum Gasteiger partial charge on any atom is -0.228 e. The number of benzene rings is 6. The quantitative estimate of drug-likeness (QED) is 0.218. The highest BCUT2D eigenvalue weighted by atomic mass is 14.9. The zero-order valence-electron chi connectivity index (χ0n) is 23.8. The zero-order chi connectivity index (χ0) is 28.5. The van der Waals surface area contributed by atoms with Crippen LogP contribution in [0.2, 0.25) is 0 Å². The summed E-state index contributed by atoms with van der Waals surface area (Å²) in [4.78, 5) is 10.3. The van der Waals surface area contributed by atoms with Crippen molar-refractivity contribution in [2.75, 3.05) is 0 Å². The number of aromatic nitrogens is 2. The molecule has 2 nitrogen and oxygen atoms in total. The van der Waals surface area contributed by atoms with E-state index in [0.717, 1.165) is 39.2 Å². The van der Waals surface area contributed by atoms with Crippen LogP contribution >= 0.6 is 0 Å². The van der Waals surface area contributed by atoms with Crippen LogP contribution in [0.1, 0.15) is 11.1 Å². The van der Waals surface area contributed by atoms with Gasteiger partial charge in [-0.2, -0.15) is 0 Å². The van der Waals surface area contributed by atoms with Crippen LogP contribution in [0.15, 0.2) is 146 Å². The largest absolute Gasteiger partial charge is 0.228 e. The van der Waals surface area contributed by atoms with Gasteiger partial charge in [-0.3, -0.25) is 0 Å². The highest BCUT2D eigenvalue weighted by Gasteiger charge is 2.15. The SMILES string of the molecule is Cc1cc(C)cc(-c2cc(-c3nc(-c4ccccc4)cc(-c4ccccc4)n3)cc(-c3cccc4ccccc34)c2)c1. The van der Waals surface area contributed by atoms with Crippen LogP contribution in [0.5, 0.6) is 0 Å². The van der Waals surface area contributed by atoms with Gasteiger partial charge in [-0.05, 0) is 71.1 Å². The maximum atomic E-state index is 5.16. The molecule has 2 heteroatoms. The molecule has 0 radical (unpaired) electrons. The lowest BCUT2D eigenvalue weighted by Gasteiger charge is -2.14. The minimum absolute atomic E-state index is 0.711. The van der Waals surface area contributed by atoms with Crippen molar-refractivity contribution < 1.29 is 0 Å². The van der Waals surface area contributed by atoms with Crippen molar-refractivity contribution in [1.82, 2.24) is 9.97 Å². The molecule has 1 aromatic heterocycles. The van der Waals surface area contributed by atoms with Gasteiger partial charge in [-0.25, -0.2) is 9.97 Å². The predicted octanol–water partition coefficient (Wildman–Crippen LogP) is 10.6. The summed E-state index contributed by atoms with van der Waals surface area (Å²) < 4.78 is 0. The normalized spacial score (nSPS) is 11.1. The molecule has 0 N–H and O–H groups in total. The summed E-state index contributed by atoms with van der Waals surface area (Å²) in [6.45, 7) is 4.31. The minimum atomic E-state index is 0.711. The summed E-state index contributed by atoms with van der Waals surface area (Å²) in [6.07, 6.45) is 0. The first-order valence-corrected chi connectivity index (χ1v) is 14.3. The lowest BCUT2D eigenvalue weighted by Crippen LogP contribution is -1.97. The summed E-state index contributed by atoms with van der Waals surface area (Å²) in [6, 6.07) is 51.4. The molecule has 6 aromatic carbocycles. The molecule has 0 atom stereocenters. The topological polar surface area (TPSA) is 25.8 Å². The third kappa shape index (κ3) is 5.11. The van der Waals surface area contributed by atoms with E-state index in [1.54, 1.807) is 0 Å². The van der Waals surface area contributed by atoms with Crippen molar-refractivity contribution in [3.8, 4) is 56.2 Å². The Morgan fingerprint density at radius 2 is 0.905 bits per heavy atom. The number of rotatable bonds is 5. The second-order valence-electron chi connectivity index (χ2n) is 10.9. The first kappa shape index (κ1) is 25.6. The molecule has 42 heavy (non-hydrogen) atoms. The maximum absolute atomic E-state index is 5.16. The monoisotopic (exact) mass is 538 g/mol. The molecule has 0 unspecified atom stereocenters. The third-order valence-corrected chi connectivity index (χ3v) is 7.71. The molecule has 0 aliphatic heterocycles. The van der Waals surface area contributed by atoms with Gasteiger partial charge < -0.3 is 0 Å². The summed E-state index contributed by atoms with van der Waals surface area (Å²) in [5.41, 5.74) is 12.1. The van der Waals surface area contributed by atoms with Gasteiger partial charge in [0.15, 0.2) is 5.82 Å². The van der Waals surface area contributed by atoms with Crippen molar-refractivity contribution in [2.24, 2.45) is 0 Å². The molecule has 0 fully saturated rings. The summed E-state index contributed by atoms with van der Waals surface area (Å²) >= 11 is 0. The molecule has 0 aliphatic carbocycles. The van der Waals surface area contributed by atoms with E-state index in [9.17, 15) is 0 Å². The summed E-state index contributed by atoms with van der Waals surface area (Å²) in [5.74, 6) is 0.711. The van der Waals surface area contributed by atoms with Crippen LogP contribution in [-0.4, -0.2) is 9.97 Å². The second kappa shape index (κ2) is 10.9. The zero-order valence-corrected chi connectivity index (χ0v) is 23.8. The van der Waals surface area contributed by atoms with E-state index < -0.39 is 0 Å². The van der Waals surface area contributed by atoms with Crippen LogP contribution < -0.4 is 0 Å². The molecule has 7 aromatic rings. The van der Waals surface area contributed by atoms with E-state index in [0.29, 0.717) is 5.82 Å². The Kier molecular flexibility index (Phi) is 6.65. The Labute approximate surface area is 247 Å². The lowest BCUT2D eigenvalue weighted by atomic mass is 9.92. The van der Waals surface area contributed by atoms with Gasteiger partial charge in [0, 0.05) is 16.7 Å². The molecule has 0 saturated carbocycles. The molecule has 0 saturated heterocycles. The Morgan fingerprint density at radius 1 is 0.381 bits per heavy atom. The number of hydrogen-bond donors (Lipinski definition) is 0. The van der Waals surface area contributed by atoms with Crippen molar-refractivity contribution >= 4 is 10.8 Å². The highest BCUT2D eigenvalue weighted by Crippen LogP contribution is 2.37. The molecule has 200 valence electrons. The lowest BCUT2D eigenvalue weighted by molar-refractivity contribution is 1.18. The van der Waals surface area contributed by atoms with Crippen LogP contribution in [0.3, 0.4) is 0 Å².